The zero-order valence-electron chi connectivity index (χ0n) is 15.6. The Kier molecular flexibility index (Phi) is 7.48. The highest BCUT2D eigenvalue weighted by Gasteiger charge is 2.33. The number of hydrogen-bond acceptors (Lipinski definition) is 5. The lowest BCUT2D eigenvalue weighted by atomic mass is 10.1. The highest BCUT2D eigenvalue weighted by molar-refractivity contribution is 5.81. The van der Waals surface area contributed by atoms with Gasteiger partial charge < -0.3 is 14.2 Å². The normalized spacial score (nSPS) is 12.0. The van der Waals surface area contributed by atoms with Gasteiger partial charge in [-0.25, -0.2) is 9.59 Å². The van der Waals surface area contributed by atoms with E-state index in [-0.39, 0.29) is 13.0 Å². The van der Waals surface area contributed by atoms with Crippen LogP contribution in [0.2, 0.25) is 0 Å². The first-order chi connectivity index (χ1) is 11.7. The molecule has 0 aromatic heterocycles. The van der Waals surface area contributed by atoms with Crippen LogP contribution in [0, 0.1) is 0 Å². The molecule has 0 bridgehead atoms. The van der Waals surface area contributed by atoms with Crippen LogP contribution in [-0.4, -0.2) is 42.8 Å². The van der Waals surface area contributed by atoms with Gasteiger partial charge >= 0.3 is 12.1 Å². The minimum absolute atomic E-state index is 0.201. The van der Waals surface area contributed by atoms with Gasteiger partial charge in [-0.3, -0.25) is 4.90 Å². The summed E-state index contributed by atoms with van der Waals surface area (Å²) in [6.07, 6.45) is 1.26. The second-order valence-electron chi connectivity index (χ2n) is 6.52. The number of carbonyl (C=O) groups excluding carboxylic acids is 2. The first kappa shape index (κ1) is 20.5. The fourth-order valence-electron chi connectivity index (χ4n) is 2.19. The molecule has 0 aliphatic rings. The molecule has 0 saturated carbocycles. The van der Waals surface area contributed by atoms with Crippen molar-refractivity contribution in [1.82, 2.24) is 4.90 Å². The maximum atomic E-state index is 12.7. The molecular formula is C19H27NO5. The van der Waals surface area contributed by atoms with E-state index in [1.54, 1.807) is 46.1 Å². The molecule has 0 aliphatic heterocycles. The number of ether oxygens (including phenoxy) is 3. The van der Waals surface area contributed by atoms with Crippen LogP contribution in [0.25, 0.3) is 0 Å². The molecule has 1 aromatic rings. The van der Waals surface area contributed by atoms with Gasteiger partial charge in [0.1, 0.15) is 17.4 Å². The third kappa shape index (κ3) is 6.49. The lowest BCUT2D eigenvalue weighted by Gasteiger charge is -2.31. The third-order valence-corrected chi connectivity index (χ3v) is 3.38. The molecule has 0 saturated heterocycles. The van der Waals surface area contributed by atoms with Crippen LogP contribution in [-0.2, 0) is 20.8 Å². The summed E-state index contributed by atoms with van der Waals surface area (Å²) in [7, 11) is 2.87. The summed E-state index contributed by atoms with van der Waals surface area (Å²) in [6, 6.07) is 6.45. The van der Waals surface area contributed by atoms with Crippen LogP contribution in [0.15, 0.2) is 36.9 Å². The molecule has 0 aliphatic carbocycles. The minimum Gasteiger partial charge on any atom is -0.497 e. The SMILES string of the molecule is C=CC[C@H](C(=O)OC)N(Cc1ccc(OC)cc1)C(=O)OC(C)(C)C. The van der Waals surface area contributed by atoms with Gasteiger partial charge in [-0.05, 0) is 44.9 Å². The van der Waals surface area contributed by atoms with Crippen molar-refractivity contribution in [2.75, 3.05) is 14.2 Å². The topological polar surface area (TPSA) is 65.1 Å². The summed E-state index contributed by atoms with van der Waals surface area (Å²) in [6.45, 7) is 9.19. The highest BCUT2D eigenvalue weighted by Crippen LogP contribution is 2.19. The van der Waals surface area contributed by atoms with Gasteiger partial charge in [-0.15, -0.1) is 6.58 Å². The van der Waals surface area contributed by atoms with E-state index in [1.165, 1.54) is 12.0 Å². The lowest BCUT2D eigenvalue weighted by Crippen LogP contribution is -2.47. The van der Waals surface area contributed by atoms with Crippen molar-refractivity contribution in [2.24, 2.45) is 0 Å². The molecule has 0 unspecified atom stereocenters. The molecule has 1 amide bonds. The maximum Gasteiger partial charge on any atom is 0.411 e. The van der Waals surface area contributed by atoms with Crippen molar-refractivity contribution in [3.8, 4) is 5.75 Å². The molecule has 0 spiro atoms. The van der Waals surface area contributed by atoms with E-state index in [2.05, 4.69) is 6.58 Å². The van der Waals surface area contributed by atoms with Crippen molar-refractivity contribution in [3.63, 3.8) is 0 Å². The summed E-state index contributed by atoms with van der Waals surface area (Å²) in [5, 5.41) is 0. The van der Waals surface area contributed by atoms with Gasteiger partial charge in [-0.1, -0.05) is 18.2 Å². The predicted octanol–water partition coefficient (Wildman–Crippen LogP) is 3.55. The fourth-order valence-corrected chi connectivity index (χ4v) is 2.19. The van der Waals surface area contributed by atoms with Crippen LogP contribution >= 0.6 is 0 Å². The average Bonchev–Trinajstić information content (AvgIpc) is 2.56. The van der Waals surface area contributed by atoms with Crippen molar-refractivity contribution < 1.29 is 23.8 Å². The molecule has 0 fully saturated rings. The van der Waals surface area contributed by atoms with Gasteiger partial charge in [0.15, 0.2) is 0 Å². The first-order valence-corrected chi connectivity index (χ1v) is 8.03. The number of esters is 1. The zero-order valence-corrected chi connectivity index (χ0v) is 15.6. The van der Waals surface area contributed by atoms with Crippen LogP contribution in [0.3, 0.4) is 0 Å². The number of carbonyl (C=O) groups is 2. The molecule has 6 nitrogen and oxygen atoms in total. The molecule has 1 rings (SSSR count). The molecule has 1 atom stereocenters. The predicted molar refractivity (Wildman–Crippen MR) is 95.4 cm³/mol. The fraction of sp³-hybridized carbons (Fsp3) is 0.474. The van der Waals surface area contributed by atoms with Gasteiger partial charge in [0, 0.05) is 6.54 Å². The smallest absolute Gasteiger partial charge is 0.411 e. The number of rotatable bonds is 7. The second-order valence-corrected chi connectivity index (χ2v) is 6.52. The van der Waals surface area contributed by atoms with E-state index in [1.807, 2.05) is 12.1 Å². The van der Waals surface area contributed by atoms with Crippen molar-refractivity contribution in [2.45, 2.75) is 45.4 Å². The van der Waals surface area contributed by atoms with Crippen molar-refractivity contribution in [1.29, 1.82) is 0 Å². The Morgan fingerprint density at radius 3 is 2.24 bits per heavy atom. The largest absolute Gasteiger partial charge is 0.497 e. The van der Waals surface area contributed by atoms with E-state index in [0.717, 1.165) is 5.56 Å². The Balaban J connectivity index is 3.12. The number of methoxy groups -OCH3 is 2. The molecule has 0 radical (unpaired) electrons. The van der Waals surface area contributed by atoms with Crippen LogP contribution in [0.1, 0.15) is 32.8 Å². The van der Waals surface area contributed by atoms with Crippen LogP contribution < -0.4 is 4.74 Å². The number of nitrogens with zero attached hydrogens (tertiary/aromatic N) is 1. The second kappa shape index (κ2) is 9.11. The molecular weight excluding hydrogens is 322 g/mol. The van der Waals surface area contributed by atoms with E-state index >= 15 is 0 Å². The Labute approximate surface area is 149 Å². The van der Waals surface area contributed by atoms with Gasteiger partial charge in [0.2, 0.25) is 0 Å². The van der Waals surface area contributed by atoms with Crippen LogP contribution in [0.5, 0.6) is 5.75 Å². The lowest BCUT2D eigenvalue weighted by molar-refractivity contribution is -0.147. The average molecular weight is 349 g/mol. The monoisotopic (exact) mass is 349 g/mol. The van der Waals surface area contributed by atoms with E-state index in [0.29, 0.717) is 5.75 Å². The molecule has 138 valence electrons. The molecule has 0 N–H and O–H groups in total. The quantitative estimate of drug-likeness (QED) is 0.556. The summed E-state index contributed by atoms with van der Waals surface area (Å²) in [5.74, 6) is 0.197. The summed E-state index contributed by atoms with van der Waals surface area (Å²) in [5.41, 5.74) is 0.161. The van der Waals surface area contributed by atoms with Crippen molar-refractivity contribution >= 4 is 12.1 Å². The molecule has 6 heteroatoms. The maximum absolute atomic E-state index is 12.7. The van der Waals surface area contributed by atoms with E-state index in [4.69, 9.17) is 14.2 Å². The minimum atomic E-state index is -0.806. The standard InChI is InChI=1S/C19H27NO5/c1-7-8-16(17(21)24-6)20(18(22)25-19(2,3)4)13-14-9-11-15(23-5)12-10-14/h7,9-12,16H,1,8,13H2,2-6H3/t16-/m1/s1. The van der Waals surface area contributed by atoms with Gasteiger partial charge in [0.25, 0.3) is 0 Å². The Morgan fingerprint density at radius 1 is 1.20 bits per heavy atom. The van der Waals surface area contributed by atoms with E-state index < -0.39 is 23.7 Å². The molecule has 0 heterocycles. The number of hydrogen-bond donors (Lipinski definition) is 0. The molecule has 25 heavy (non-hydrogen) atoms. The van der Waals surface area contributed by atoms with Crippen molar-refractivity contribution in [3.05, 3.63) is 42.5 Å². The van der Waals surface area contributed by atoms with E-state index in [9.17, 15) is 9.59 Å². The summed E-state index contributed by atoms with van der Waals surface area (Å²) >= 11 is 0. The first-order valence-electron chi connectivity index (χ1n) is 8.03. The number of amides is 1. The van der Waals surface area contributed by atoms with Gasteiger partial charge in [-0.2, -0.15) is 0 Å². The number of benzene rings is 1. The molecule has 1 aromatic carbocycles. The van der Waals surface area contributed by atoms with Crippen LogP contribution in [0.4, 0.5) is 4.79 Å². The Bertz CT molecular complexity index is 589. The summed E-state index contributed by atoms with van der Waals surface area (Å²) in [4.78, 5) is 26.2. The Morgan fingerprint density at radius 2 is 1.80 bits per heavy atom. The Hall–Kier alpha value is -2.50. The zero-order chi connectivity index (χ0) is 19.0. The van der Waals surface area contributed by atoms with Gasteiger partial charge in [0.05, 0.1) is 14.2 Å². The summed E-state index contributed by atoms with van der Waals surface area (Å²) < 4.78 is 15.4. The third-order valence-electron chi connectivity index (χ3n) is 3.38. The highest BCUT2D eigenvalue weighted by atomic mass is 16.6.